The van der Waals surface area contributed by atoms with Gasteiger partial charge in [-0.2, -0.15) is 4.31 Å². The maximum atomic E-state index is 12.8. The molecule has 0 radical (unpaired) electrons. The van der Waals surface area contributed by atoms with Gasteiger partial charge in [-0.3, -0.25) is 4.79 Å². The lowest BCUT2D eigenvalue weighted by Crippen LogP contribution is -2.41. The molecule has 2 aliphatic rings. The molecule has 1 atom stereocenters. The summed E-state index contributed by atoms with van der Waals surface area (Å²) in [6.07, 6.45) is 0.721. The zero-order valence-corrected chi connectivity index (χ0v) is 18.6. The lowest BCUT2D eigenvalue weighted by Gasteiger charge is -2.26. The van der Waals surface area contributed by atoms with Crippen molar-refractivity contribution >= 4 is 27.7 Å². The molecule has 4 rings (SSSR count). The molecular formula is C22H26N2O4S2. The fourth-order valence-corrected chi connectivity index (χ4v) is 6.64. The quantitative estimate of drug-likeness (QED) is 0.738. The average molecular weight is 447 g/mol. The summed E-state index contributed by atoms with van der Waals surface area (Å²) in [6.45, 7) is 4.01. The first-order chi connectivity index (χ1) is 14.4. The second-order valence-electron chi connectivity index (χ2n) is 7.68. The van der Waals surface area contributed by atoms with Gasteiger partial charge in [0.15, 0.2) is 0 Å². The van der Waals surface area contributed by atoms with Crippen LogP contribution in [0.3, 0.4) is 0 Å². The number of carbonyl (C=O) groups is 1. The van der Waals surface area contributed by atoms with Crippen LogP contribution in [-0.4, -0.2) is 50.2 Å². The lowest BCUT2D eigenvalue weighted by atomic mass is 10.1. The molecule has 2 aromatic carbocycles. The molecule has 0 aromatic heterocycles. The molecule has 2 heterocycles. The van der Waals surface area contributed by atoms with E-state index in [4.69, 9.17) is 4.74 Å². The summed E-state index contributed by atoms with van der Waals surface area (Å²) in [5.41, 5.74) is 3.96. The van der Waals surface area contributed by atoms with Gasteiger partial charge in [-0.1, -0.05) is 42.0 Å². The van der Waals surface area contributed by atoms with Crippen LogP contribution in [0.15, 0.2) is 47.4 Å². The molecule has 1 fully saturated rings. The molecule has 0 bridgehead atoms. The molecule has 160 valence electrons. The Morgan fingerprint density at radius 1 is 1.17 bits per heavy atom. The zero-order valence-electron chi connectivity index (χ0n) is 17.0. The molecule has 1 amide bonds. The molecule has 2 aromatic rings. The SMILES string of the molecule is Cc1ccc2c(c1)S[C@H](C(=O)NCc1ccccc1CS(=O)(=O)N1CCOCC1)C2. The Balaban J connectivity index is 1.39. The minimum absolute atomic E-state index is 0.0142. The number of ether oxygens (including phenoxy) is 1. The van der Waals surface area contributed by atoms with Crippen molar-refractivity contribution in [2.24, 2.45) is 0 Å². The third-order valence-corrected chi connectivity index (χ3v) is 8.59. The van der Waals surface area contributed by atoms with Gasteiger partial charge in [-0.25, -0.2) is 8.42 Å². The number of nitrogens with zero attached hydrogens (tertiary/aromatic N) is 1. The molecule has 1 N–H and O–H groups in total. The maximum Gasteiger partial charge on any atom is 0.234 e. The van der Waals surface area contributed by atoms with Gasteiger partial charge in [-0.15, -0.1) is 11.8 Å². The highest BCUT2D eigenvalue weighted by atomic mass is 32.2. The van der Waals surface area contributed by atoms with Crippen LogP contribution in [0.5, 0.6) is 0 Å². The number of rotatable bonds is 6. The predicted molar refractivity (Wildman–Crippen MR) is 118 cm³/mol. The Labute approximate surface area is 182 Å². The Kier molecular flexibility index (Phi) is 6.48. The number of fused-ring (bicyclic) bond motifs is 1. The molecule has 0 aliphatic carbocycles. The predicted octanol–water partition coefficient (Wildman–Crippen LogP) is 2.49. The Bertz CT molecular complexity index is 1030. The van der Waals surface area contributed by atoms with Gasteiger partial charge in [-0.05, 0) is 36.1 Å². The van der Waals surface area contributed by atoms with Gasteiger partial charge in [0, 0.05) is 24.5 Å². The van der Waals surface area contributed by atoms with Crippen LogP contribution in [0.1, 0.15) is 22.3 Å². The van der Waals surface area contributed by atoms with Gasteiger partial charge in [0.05, 0.1) is 24.2 Å². The second-order valence-corrected chi connectivity index (χ2v) is 10.9. The van der Waals surface area contributed by atoms with Crippen LogP contribution < -0.4 is 5.32 Å². The molecule has 2 aliphatic heterocycles. The van der Waals surface area contributed by atoms with Crippen molar-refractivity contribution < 1.29 is 17.9 Å². The van der Waals surface area contributed by atoms with Crippen molar-refractivity contribution in [3.8, 4) is 0 Å². The van der Waals surface area contributed by atoms with E-state index in [9.17, 15) is 13.2 Å². The Morgan fingerprint density at radius 3 is 2.67 bits per heavy atom. The first-order valence-electron chi connectivity index (χ1n) is 10.1. The number of thioether (sulfide) groups is 1. The van der Waals surface area contributed by atoms with Gasteiger partial charge in [0.25, 0.3) is 0 Å². The highest BCUT2D eigenvalue weighted by molar-refractivity contribution is 8.01. The number of sulfonamides is 1. The van der Waals surface area contributed by atoms with E-state index in [0.29, 0.717) is 32.8 Å². The lowest BCUT2D eigenvalue weighted by molar-refractivity contribution is -0.120. The van der Waals surface area contributed by atoms with Crippen molar-refractivity contribution in [1.29, 1.82) is 0 Å². The Hall–Kier alpha value is -1.87. The van der Waals surface area contributed by atoms with Crippen molar-refractivity contribution in [2.45, 2.75) is 35.8 Å². The normalized spacial score (nSPS) is 19.4. The number of amides is 1. The van der Waals surface area contributed by atoms with Gasteiger partial charge in [0.1, 0.15) is 0 Å². The van der Waals surface area contributed by atoms with Gasteiger partial charge >= 0.3 is 0 Å². The summed E-state index contributed by atoms with van der Waals surface area (Å²) in [5, 5.41) is 2.86. The molecule has 0 saturated carbocycles. The standard InChI is InChI=1S/C22H26N2O4S2/c1-16-6-7-17-13-21(29-20(17)12-16)22(25)23-14-18-4-2-3-5-19(18)15-30(26,27)24-8-10-28-11-9-24/h2-7,12,21H,8-11,13-15H2,1H3,(H,23,25)/t21-/m0/s1. The van der Waals surface area contributed by atoms with E-state index in [1.54, 1.807) is 11.8 Å². The van der Waals surface area contributed by atoms with Crippen molar-refractivity contribution in [3.63, 3.8) is 0 Å². The van der Waals surface area contributed by atoms with Gasteiger partial charge in [0.2, 0.25) is 15.9 Å². The monoisotopic (exact) mass is 446 g/mol. The zero-order chi connectivity index (χ0) is 21.1. The van der Waals surface area contributed by atoms with Crippen molar-refractivity contribution in [2.75, 3.05) is 26.3 Å². The van der Waals surface area contributed by atoms with Crippen molar-refractivity contribution in [1.82, 2.24) is 9.62 Å². The number of hydrogen-bond acceptors (Lipinski definition) is 5. The topological polar surface area (TPSA) is 75.7 Å². The number of hydrogen-bond donors (Lipinski definition) is 1. The van der Waals surface area contributed by atoms with Crippen LogP contribution in [0, 0.1) is 6.92 Å². The van der Waals surface area contributed by atoms with E-state index >= 15 is 0 Å². The summed E-state index contributed by atoms with van der Waals surface area (Å²) in [7, 11) is -3.42. The van der Waals surface area contributed by atoms with Crippen LogP contribution in [0.4, 0.5) is 0 Å². The molecule has 0 unspecified atom stereocenters. The van der Waals surface area contributed by atoms with Crippen molar-refractivity contribution in [3.05, 3.63) is 64.7 Å². The number of carbonyl (C=O) groups excluding carboxylic acids is 1. The molecular weight excluding hydrogens is 420 g/mol. The van der Waals surface area contributed by atoms with Crippen LogP contribution in [0.25, 0.3) is 0 Å². The third kappa shape index (κ3) is 4.88. The molecule has 8 heteroatoms. The first-order valence-corrected chi connectivity index (χ1v) is 12.6. The second kappa shape index (κ2) is 9.09. The minimum atomic E-state index is -3.42. The molecule has 30 heavy (non-hydrogen) atoms. The van der Waals surface area contributed by atoms with E-state index in [0.717, 1.165) is 17.5 Å². The summed E-state index contributed by atoms with van der Waals surface area (Å²) < 4.78 is 32.3. The molecule has 1 saturated heterocycles. The van der Waals surface area contributed by atoms with E-state index in [1.165, 1.54) is 20.3 Å². The van der Waals surface area contributed by atoms with Crippen LogP contribution in [0.2, 0.25) is 0 Å². The van der Waals surface area contributed by atoms with Crippen LogP contribution in [-0.2, 0) is 38.3 Å². The fraction of sp³-hybridized carbons (Fsp3) is 0.409. The smallest absolute Gasteiger partial charge is 0.234 e. The highest BCUT2D eigenvalue weighted by Gasteiger charge is 2.29. The summed E-state index contributed by atoms with van der Waals surface area (Å²) >= 11 is 1.60. The number of nitrogens with one attached hydrogen (secondary N) is 1. The fourth-order valence-electron chi connectivity index (χ4n) is 3.76. The summed E-state index contributed by atoms with van der Waals surface area (Å²) in [5.74, 6) is -0.0817. The molecule has 0 spiro atoms. The van der Waals surface area contributed by atoms with E-state index in [-0.39, 0.29) is 16.9 Å². The summed E-state index contributed by atoms with van der Waals surface area (Å²) in [6, 6.07) is 13.7. The number of morpholine rings is 1. The average Bonchev–Trinajstić information content (AvgIpc) is 3.16. The first kappa shape index (κ1) is 21.4. The van der Waals surface area contributed by atoms with Gasteiger partial charge < -0.3 is 10.1 Å². The highest BCUT2D eigenvalue weighted by Crippen LogP contribution is 2.37. The maximum absolute atomic E-state index is 12.8. The van der Waals surface area contributed by atoms with E-state index in [1.807, 2.05) is 24.3 Å². The van der Waals surface area contributed by atoms with Crippen LogP contribution >= 0.6 is 11.8 Å². The van der Waals surface area contributed by atoms with E-state index in [2.05, 4.69) is 30.4 Å². The molecule has 6 nitrogen and oxygen atoms in total. The number of aryl methyl sites for hydroxylation is 1. The Morgan fingerprint density at radius 2 is 1.90 bits per heavy atom. The largest absolute Gasteiger partial charge is 0.379 e. The summed E-state index contributed by atoms with van der Waals surface area (Å²) in [4.78, 5) is 13.9. The third-order valence-electron chi connectivity index (χ3n) is 5.46. The minimum Gasteiger partial charge on any atom is -0.379 e. The van der Waals surface area contributed by atoms with E-state index < -0.39 is 10.0 Å². The number of benzene rings is 2.